The Morgan fingerprint density at radius 2 is 2.28 bits per heavy atom. The first-order valence-electron chi connectivity index (χ1n) is 8.85. The largest absolute Gasteiger partial charge is 0.350 e. The van der Waals surface area contributed by atoms with Crippen LogP contribution in [0.3, 0.4) is 0 Å². The molecule has 2 aromatic heterocycles. The maximum absolute atomic E-state index is 12.3. The van der Waals surface area contributed by atoms with Crippen molar-refractivity contribution in [3.05, 3.63) is 33.8 Å². The molecule has 0 radical (unpaired) electrons. The summed E-state index contributed by atoms with van der Waals surface area (Å²) in [7, 11) is 0. The van der Waals surface area contributed by atoms with Crippen LogP contribution in [0.4, 0.5) is 0 Å². The van der Waals surface area contributed by atoms with Crippen LogP contribution < -0.4 is 11.1 Å². The number of aryl methyl sites for hydroxylation is 1. The molecule has 1 aliphatic rings. The van der Waals surface area contributed by atoms with E-state index in [1.165, 1.54) is 9.75 Å². The summed E-state index contributed by atoms with van der Waals surface area (Å²) < 4.78 is 1.89. The fourth-order valence-electron chi connectivity index (χ4n) is 3.13. The third kappa shape index (κ3) is 4.87. The molecule has 1 aliphatic heterocycles. The van der Waals surface area contributed by atoms with E-state index >= 15 is 0 Å². The van der Waals surface area contributed by atoms with Gasteiger partial charge in [-0.25, -0.2) is 4.68 Å². The summed E-state index contributed by atoms with van der Waals surface area (Å²) in [6.07, 6.45) is 5.07. The number of carbonyl (C=O) groups is 1. The molecule has 136 valence electrons. The highest BCUT2D eigenvalue weighted by molar-refractivity contribution is 7.11. The van der Waals surface area contributed by atoms with Crippen LogP contribution in [0.2, 0.25) is 0 Å². The van der Waals surface area contributed by atoms with E-state index < -0.39 is 0 Å². The van der Waals surface area contributed by atoms with E-state index in [1.54, 1.807) is 11.3 Å². The molecule has 25 heavy (non-hydrogen) atoms. The van der Waals surface area contributed by atoms with Crippen LogP contribution in [0.15, 0.2) is 18.3 Å². The number of carbonyl (C=O) groups excluding carboxylic acids is 1. The highest BCUT2D eigenvalue weighted by atomic mass is 32.1. The number of amides is 1. The number of piperidine rings is 1. The lowest BCUT2D eigenvalue weighted by Gasteiger charge is -2.31. The quantitative estimate of drug-likeness (QED) is 0.775. The second kappa shape index (κ2) is 8.55. The van der Waals surface area contributed by atoms with Crippen molar-refractivity contribution in [3.8, 4) is 0 Å². The summed E-state index contributed by atoms with van der Waals surface area (Å²) in [5, 5.41) is 11.3. The molecule has 0 saturated carbocycles. The van der Waals surface area contributed by atoms with Crippen LogP contribution in [0.25, 0.3) is 0 Å². The van der Waals surface area contributed by atoms with Gasteiger partial charge >= 0.3 is 0 Å². The van der Waals surface area contributed by atoms with Gasteiger partial charge in [0.15, 0.2) is 0 Å². The number of nitrogens with two attached hydrogens (primary N) is 1. The normalized spacial score (nSPS) is 18.4. The van der Waals surface area contributed by atoms with E-state index in [-0.39, 0.29) is 11.9 Å². The van der Waals surface area contributed by atoms with E-state index in [0.717, 1.165) is 38.0 Å². The fraction of sp³-hybridized carbons (Fsp3) is 0.588. The molecular formula is C17H26N6OS. The number of nitrogens with one attached hydrogen (secondary N) is 1. The van der Waals surface area contributed by atoms with Crippen LogP contribution in [0.5, 0.6) is 0 Å². The summed E-state index contributed by atoms with van der Waals surface area (Å²) >= 11 is 1.77. The number of nitrogens with zero attached hydrogens (tertiary/aromatic N) is 4. The summed E-state index contributed by atoms with van der Waals surface area (Å²) in [5.74, 6) is 0.0772. The minimum absolute atomic E-state index is 0.0772. The fourth-order valence-corrected chi connectivity index (χ4v) is 4.03. The third-order valence-corrected chi connectivity index (χ3v) is 5.74. The molecule has 1 atom stereocenters. The zero-order valence-corrected chi connectivity index (χ0v) is 15.5. The molecule has 0 aliphatic carbocycles. The van der Waals surface area contributed by atoms with Gasteiger partial charge in [0.1, 0.15) is 0 Å². The van der Waals surface area contributed by atoms with Gasteiger partial charge in [-0.2, -0.15) is 0 Å². The number of thiophene rings is 1. The predicted octanol–water partition coefficient (Wildman–Crippen LogP) is 1.31. The Labute approximate surface area is 152 Å². The Balaban J connectivity index is 1.47. The minimum Gasteiger partial charge on any atom is -0.350 e. The van der Waals surface area contributed by atoms with E-state index in [4.69, 9.17) is 5.73 Å². The zero-order chi connectivity index (χ0) is 17.6. The highest BCUT2D eigenvalue weighted by Gasteiger charge is 2.23. The van der Waals surface area contributed by atoms with Gasteiger partial charge in [0.2, 0.25) is 5.91 Å². The molecule has 3 N–H and O–H groups in total. The Morgan fingerprint density at radius 1 is 1.44 bits per heavy atom. The van der Waals surface area contributed by atoms with Crippen molar-refractivity contribution in [2.45, 2.75) is 45.3 Å². The molecular weight excluding hydrogens is 336 g/mol. The van der Waals surface area contributed by atoms with Gasteiger partial charge in [0, 0.05) is 22.8 Å². The Kier molecular flexibility index (Phi) is 6.17. The first-order valence-corrected chi connectivity index (χ1v) is 9.67. The maximum atomic E-state index is 12.3. The first-order chi connectivity index (χ1) is 12.2. The molecule has 1 saturated heterocycles. The van der Waals surface area contributed by atoms with E-state index in [9.17, 15) is 4.79 Å². The van der Waals surface area contributed by atoms with Crippen molar-refractivity contribution in [2.75, 3.05) is 19.6 Å². The predicted molar refractivity (Wildman–Crippen MR) is 98.2 cm³/mol. The molecule has 3 heterocycles. The van der Waals surface area contributed by atoms with E-state index in [0.29, 0.717) is 19.6 Å². The van der Waals surface area contributed by atoms with Crippen LogP contribution in [-0.2, 0) is 24.3 Å². The standard InChI is InChI=1S/C17H26N6OS/c1-2-15-5-6-16(25-15)9-19-17(24)12-22-7-3-4-14(11-22)23-10-13(8-18)20-21-23/h5-6,10,14H,2-4,7-9,11-12,18H2,1H3,(H,19,24). The van der Waals surface area contributed by atoms with Gasteiger partial charge < -0.3 is 11.1 Å². The first kappa shape index (κ1) is 18.0. The van der Waals surface area contributed by atoms with E-state index in [2.05, 4.69) is 39.6 Å². The third-order valence-electron chi connectivity index (χ3n) is 4.51. The number of hydrogen-bond acceptors (Lipinski definition) is 6. The van der Waals surface area contributed by atoms with Crippen LogP contribution >= 0.6 is 11.3 Å². The van der Waals surface area contributed by atoms with Crippen LogP contribution in [0.1, 0.15) is 41.3 Å². The molecule has 7 nitrogen and oxygen atoms in total. The number of aromatic nitrogens is 3. The van der Waals surface area contributed by atoms with Crippen LogP contribution in [-0.4, -0.2) is 45.4 Å². The topological polar surface area (TPSA) is 89.1 Å². The molecule has 8 heteroatoms. The van der Waals surface area contributed by atoms with Crippen molar-refractivity contribution in [2.24, 2.45) is 5.73 Å². The second-order valence-electron chi connectivity index (χ2n) is 6.42. The van der Waals surface area contributed by atoms with Crippen molar-refractivity contribution in [3.63, 3.8) is 0 Å². The summed E-state index contributed by atoms with van der Waals surface area (Å²) in [5.41, 5.74) is 6.40. The van der Waals surface area contributed by atoms with Gasteiger partial charge in [-0.05, 0) is 37.9 Å². The van der Waals surface area contributed by atoms with Gasteiger partial charge in [-0.3, -0.25) is 9.69 Å². The van der Waals surface area contributed by atoms with Crippen molar-refractivity contribution in [1.29, 1.82) is 0 Å². The highest BCUT2D eigenvalue weighted by Crippen LogP contribution is 2.20. The average molecular weight is 363 g/mol. The summed E-state index contributed by atoms with van der Waals surface area (Å²) in [6.45, 7) is 5.36. The summed E-state index contributed by atoms with van der Waals surface area (Å²) in [4.78, 5) is 17.0. The van der Waals surface area contributed by atoms with Gasteiger partial charge in [0.05, 0.1) is 31.0 Å². The Hall–Kier alpha value is -1.77. The molecule has 1 amide bonds. The smallest absolute Gasteiger partial charge is 0.234 e. The molecule has 2 aromatic rings. The van der Waals surface area contributed by atoms with Crippen molar-refractivity contribution in [1.82, 2.24) is 25.2 Å². The Morgan fingerprint density at radius 3 is 3.00 bits per heavy atom. The molecule has 1 unspecified atom stereocenters. The summed E-state index contributed by atoms with van der Waals surface area (Å²) in [6, 6.07) is 4.49. The van der Waals surface area contributed by atoms with E-state index in [1.807, 2.05) is 10.9 Å². The molecule has 0 aromatic carbocycles. The zero-order valence-electron chi connectivity index (χ0n) is 14.6. The molecule has 0 bridgehead atoms. The minimum atomic E-state index is 0.0772. The van der Waals surface area contributed by atoms with Gasteiger partial charge in [0.25, 0.3) is 0 Å². The van der Waals surface area contributed by atoms with Gasteiger partial charge in [-0.1, -0.05) is 12.1 Å². The van der Waals surface area contributed by atoms with Crippen molar-refractivity contribution >= 4 is 17.2 Å². The maximum Gasteiger partial charge on any atom is 0.234 e. The molecule has 0 spiro atoms. The van der Waals surface area contributed by atoms with Crippen molar-refractivity contribution < 1.29 is 4.79 Å². The lowest BCUT2D eigenvalue weighted by molar-refractivity contribution is -0.122. The average Bonchev–Trinajstić information content (AvgIpc) is 3.29. The SMILES string of the molecule is CCc1ccc(CNC(=O)CN2CCCC(n3cc(CN)nn3)C2)s1. The molecule has 1 fully saturated rings. The second-order valence-corrected chi connectivity index (χ2v) is 7.68. The Bertz CT molecular complexity index is 697. The lowest BCUT2D eigenvalue weighted by Crippen LogP contribution is -2.43. The lowest BCUT2D eigenvalue weighted by atomic mass is 10.1. The van der Waals surface area contributed by atoms with Gasteiger partial charge in [-0.15, -0.1) is 16.4 Å². The monoisotopic (exact) mass is 362 g/mol. The van der Waals surface area contributed by atoms with Crippen LogP contribution in [0, 0.1) is 0 Å². The number of hydrogen-bond donors (Lipinski definition) is 2. The molecule has 3 rings (SSSR count). The number of likely N-dealkylation sites (tertiary alicyclic amines) is 1. The number of rotatable bonds is 7.